The number of nitrogens with one attached hydrogen (secondary N) is 1. The molecule has 0 spiro atoms. The van der Waals surface area contributed by atoms with E-state index in [1.54, 1.807) is 0 Å². The van der Waals surface area contributed by atoms with Crippen LogP contribution in [0.5, 0.6) is 0 Å². The predicted octanol–water partition coefficient (Wildman–Crippen LogP) is 8.56. The molecule has 3 N–H and O–H groups in total. The minimum atomic E-state index is -1.39. The summed E-state index contributed by atoms with van der Waals surface area (Å²) in [4.78, 5) is 36.7. The van der Waals surface area contributed by atoms with E-state index in [0.717, 1.165) is 0 Å². The molecule has 2 rings (SSSR count). The summed E-state index contributed by atoms with van der Waals surface area (Å²) in [5.74, 6) is -4.12. The third-order valence-electron chi connectivity index (χ3n) is 4.47. The number of aromatic carboxylic acids is 2. The lowest BCUT2D eigenvalue weighted by Crippen LogP contribution is -2.17. The van der Waals surface area contributed by atoms with Gasteiger partial charge in [-0.15, -0.1) is 0 Å². The molecule has 0 heterocycles. The van der Waals surface area contributed by atoms with Crippen molar-refractivity contribution in [3.8, 4) is 0 Å². The van der Waals surface area contributed by atoms with Crippen LogP contribution in [0.3, 0.4) is 0 Å². The van der Waals surface area contributed by atoms with E-state index in [9.17, 15) is 24.6 Å². The van der Waals surface area contributed by atoms with Crippen LogP contribution in [0.4, 0.5) is 0 Å². The molecule has 0 bridgehead atoms. The van der Waals surface area contributed by atoms with Crippen molar-refractivity contribution in [2.24, 2.45) is 0 Å². The van der Waals surface area contributed by atoms with Gasteiger partial charge in [-0.3, -0.25) is 5.41 Å². The molecule has 0 aliphatic carbocycles. The van der Waals surface area contributed by atoms with Gasteiger partial charge in [0, 0.05) is 26.8 Å². The average Bonchev–Trinajstić information content (AvgIpc) is 2.79. The maximum Gasteiger partial charge on any atom is 0.351 e. The van der Waals surface area contributed by atoms with Gasteiger partial charge in [0.15, 0.2) is 32.5 Å². The van der Waals surface area contributed by atoms with Crippen LogP contribution >= 0.6 is 128 Å². The zero-order valence-corrected chi connectivity index (χ0v) is 28.6. The van der Waals surface area contributed by atoms with E-state index < -0.39 is 23.8 Å². The highest BCUT2D eigenvalue weighted by Gasteiger charge is 2.31. The Morgan fingerprint density at radius 3 is 1.35 bits per heavy atom. The first-order valence-electron chi connectivity index (χ1n) is 8.37. The number of carboxylic acids is 2. The van der Waals surface area contributed by atoms with Gasteiger partial charge in [0.25, 0.3) is 0 Å². The number of hydrogen-bond donors (Lipinski definition) is 3. The van der Waals surface area contributed by atoms with Crippen LogP contribution in [-0.4, -0.2) is 34.0 Å². The summed E-state index contributed by atoms with van der Waals surface area (Å²) in [7, 11) is 0. The molecule has 0 unspecified atom stereocenters. The van der Waals surface area contributed by atoms with Crippen molar-refractivity contribution in [2.75, 3.05) is 0 Å². The second-order valence-electron chi connectivity index (χ2n) is 6.22. The Morgan fingerprint density at radius 1 is 0.618 bits per heavy atom. The van der Waals surface area contributed by atoms with Crippen molar-refractivity contribution >= 4 is 152 Å². The molecule has 0 atom stereocenters. The summed E-state index contributed by atoms with van der Waals surface area (Å²) < 4.78 is 11.3. The summed E-state index contributed by atoms with van der Waals surface area (Å²) in [5.41, 5.74) is -0.348. The van der Waals surface area contributed by atoms with Gasteiger partial charge in [-0.05, 0) is 120 Å². The maximum absolute atomic E-state index is 12.3. The van der Waals surface area contributed by atoms with Gasteiger partial charge in [-0.25, -0.2) is 14.4 Å². The Morgan fingerprint density at radius 2 is 1.00 bits per heavy atom. The zero-order chi connectivity index (χ0) is 26.1. The number of rotatable bonds is 7. The van der Waals surface area contributed by atoms with E-state index in [2.05, 4.69) is 132 Å². The molecule has 34 heavy (non-hydrogen) atoms. The fraction of sp³-hybridized carbons (Fsp3) is 0.111. The largest absolute Gasteiger partial charge is 0.478 e. The molecule has 0 radical (unpaired) electrons. The Hall–Kier alpha value is 0.160. The van der Waals surface area contributed by atoms with Gasteiger partial charge in [0.1, 0.15) is 0 Å². The molecule has 0 aromatic heterocycles. The molecule has 16 heteroatoms. The normalized spacial score (nSPS) is 10.7. The molecule has 0 fully saturated rings. The third kappa shape index (κ3) is 5.83. The standard InChI is InChI=1S/C18H7Br8NO7/c19-9-3(5(16(28)29)7(15(27)33-25)11(21)13(9)23)1-2-4-6(17(30)31)8(18(32)34-26)12(22)14(24)10(4)20/h27H,1-2H2,(H,28,29)(H,30,31). The first kappa shape index (κ1) is 30.4. The molecular weight excluding hydrogens is 981 g/mol. The van der Waals surface area contributed by atoms with E-state index in [-0.39, 0.29) is 55.2 Å². The Balaban J connectivity index is 2.82. The van der Waals surface area contributed by atoms with Crippen LogP contribution in [0.25, 0.3) is 0 Å². The highest BCUT2D eigenvalue weighted by atomic mass is 79.9. The minimum Gasteiger partial charge on any atom is -0.478 e. The summed E-state index contributed by atoms with van der Waals surface area (Å²) in [6.45, 7) is 0. The lowest BCUT2D eigenvalue weighted by molar-refractivity contribution is 0.0674. The molecule has 2 aromatic rings. The molecule has 2 aromatic carbocycles. The van der Waals surface area contributed by atoms with Crippen LogP contribution in [-0.2, 0) is 20.5 Å². The van der Waals surface area contributed by atoms with Gasteiger partial charge in [0.05, 0.1) is 22.3 Å². The van der Waals surface area contributed by atoms with E-state index in [1.807, 2.05) is 0 Å². The van der Waals surface area contributed by atoms with Crippen LogP contribution in [0.15, 0.2) is 26.8 Å². The van der Waals surface area contributed by atoms with Crippen LogP contribution in [0.2, 0.25) is 0 Å². The molecule has 182 valence electrons. The second-order valence-corrected chi connectivity index (χ2v) is 11.6. The fourth-order valence-corrected chi connectivity index (χ4v) is 7.15. The van der Waals surface area contributed by atoms with E-state index in [1.165, 1.54) is 0 Å². The van der Waals surface area contributed by atoms with Crippen molar-refractivity contribution < 1.29 is 32.3 Å². The predicted molar refractivity (Wildman–Crippen MR) is 152 cm³/mol. The van der Waals surface area contributed by atoms with Crippen molar-refractivity contribution in [3.63, 3.8) is 0 Å². The number of hydrogen-bond acceptors (Lipinski definition) is 6. The number of carboxylic acid groups (broad SMARTS) is 2. The SMILES string of the molecule is N=C(OBr)c1c(Br)c(Br)c(Br)c(CCc2c(Br)c(Br)c(Br)c(C(=O)OBr)c2C(=O)O)c1C(=O)O. The topological polar surface area (TPSA) is 134 Å². The molecule has 0 aliphatic heterocycles. The Labute approximate surface area is 259 Å². The Bertz CT molecular complexity index is 1150. The smallest absolute Gasteiger partial charge is 0.351 e. The molecule has 0 amide bonds. The van der Waals surface area contributed by atoms with Gasteiger partial charge in [-0.1, -0.05) is 0 Å². The van der Waals surface area contributed by atoms with Crippen molar-refractivity contribution in [2.45, 2.75) is 12.8 Å². The highest BCUT2D eigenvalue weighted by molar-refractivity contribution is 9.15. The minimum absolute atomic E-state index is 0.00636. The second kappa shape index (κ2) is 12.6. The first-order valence-corrected chi connectivity index (χ1v) is 14.4. The third-order valence-corrected chi connectivity index (χ3v) is 12.1. The molecule has 0 saturated heterocycles. The molecule has 8 nitrogen and oxygen atoms in total. The summed E-state index contributed by atoms with van der Waals surface area (Å²) in [5, 5.41) is 27.9. The average molecular weight is 988 g/mol. The molecule has 0 saturated carbocycles. The van der Waals surface area contributed by atoms with Crippen molar-refractivity contribution in [1.29, 1.82) is 5.41 Å². The number of carbonyl (C=O) groups excluding carboxylic acids is 1. The van der Waals surface area contributed by atoms with Crippen molar-refractivity contribution in [1.82, 2.24) is 0 Å². The number of carbonyl (C=O) groups is 3. The lowest BCUT2D eigenvalue weighted by atomic mass is 9.92. The zero-order valence-electron chi connectivity index (χ0n) is 15.9. The quantitative estimate of drug-likeness (QED) is 0.144. The fourth-order valence-electron chi connectivity index (χ4n) is 3.09. The number of halogens is 8. The van der Waals surface area contributed by atoms with Crippen LogP contribution < -0.4 is 0 Å². The molecular formula is C18H7Br8NO7. The van der Waals surface area contributed by atoms with Crippen LogP contribution in [0.1, 0.15) is 47.8 Å². The summed E-state index contributed by atoms with van der Waals surface area (Å²) in [6, 6.07) is 0. The Kier molecular flexibility index (Phi) is 11.3. The van der Waals surface area contributed by atoms with Gasteiger partial charge in [0.2, 0.25) is 5.90 Å². The monoisotopic (exact) mass is 980 g/mol. The maximum atomic E-state index is 12.3. The lowest BCUT2D eigenvalue weighted by Gasteiger charge is -2.19. The van der Waals surface area contributed by atoms with E-state index in [4.69, 9.17) is 9.24 Å². The van der Waals surface area contributed by atoms with Crippen LogP contribution in [0, 0.1) is 5.41 Å². The molecule has 0 aliphatic rings. The van der Waals surface area contributed by atoms with Gasteiger partial charge < -0.3 is 17.9 Å². The first-order chi connectivity index (χ1) is 15.8. The highest BCUT2D eigenvalue weighted by Crippen LogP contribution is 2.43. The van der Waals surface area contributed by atoms with Crippen molar-refractivity contribution in [3.05, 3.63) is 60.2 Å². The summed E-state index contributed by atoms with van der Waals surface area (Å²) in [6.07, 6.45) is -0.00201. The van der Waals surface area contributed by atoms with E-state index >= 15 is 0 Å². The van der Waals surface area contributed by atoms with Gasteiger partial charge >= 0.3 is 17.9 Å². The summed E-state index contributed by atoms with van der Waals surface area (Å²) >= 11 is 25.2. The van der Waals surface area contributed by atoms with E-state index in [0.29, 0.717) is 17.9 Å². The van der Waals surface area contributed by atoms with Gasteiger partial charge in [-0.2, -0.15) is 0 Å². The number of benzene rings is 2.